The van der Waals surface area contributed by atoms with E-state index in [1.165, 1.54) is 0 Å². The van der Waals surface area contributed by atoms with Crippen LogP contribution in [-0.2, 0) is 6.61 Å². The maximum atomic E-state index is 11.6. The molecule has 0 atom stereocenters. The van der Waals surface area contributed by atoms with Crippen LogP contribution in [0.5, 0.6) is 5.75 Å². The number of carbonyl (C=O) groups excluding carboxylic acids is 1. The van der Waals surface area contributed by atoms with E-state index in [-0.39, 0.29) is 12.5 Å². The van der Waals surface area contributed by atoms with Gasteiger partial charge in [-0.05, 0) is 24.3 Å². The number of hydrogen-bond acceptors (Lipinski definition) is 3. The highest BCUT2D eigenvalue weighted by Crippen LogP contribution is 2.19. The summed E-state index contributed by atoms with van der Waals surface area (Å²) in [6.07, 6.45) is 0. The van der Waals surface area contributed by atoms with Crippen molar-refractivity contribution in [1.29, 1.82) is 0 Å². The van der Waals surface area contributed by atoms with Gasteiger partial charge in [0, 0.05) is 16.1 Å². The summed E-state index contributed by atoms with van der Waals surface area (Å²) in [7, 11) is 0. The number of nitrogens with two attached hydrogens (primary N) is 1. The Bertz CT molecular complexity index is 587. The van der Waals surface area contributed by atoms with Gasteiger partial charge in [0.25, 0.3) is 5.91 Å². The van der Waals surface area contributed by atoms with Crippen LogP contribution < -0.4 is 16.0 Å². The molecule has 19 heavy (non-hydrogen) atoms. The van der Waals surface area contributed by atoms with Gasteiger partial charge in [0.05, 0.1) is 0 Å². The highest BCUT2D eigenvalue weighted by Gasteiger charge is 2.09. The first-order valence-corrected chi connectivity index (χ1v) is 6.05. The third-order valence-electron chi connectivity index (χ3n) is 2.58. The van der Waals surface area contributed by atoms with Crippen LogP contribution in [-0.4, -0.2) is 5.91 Å². The maximum absolute atomic E-state index is 11.6. The Hall–Kier alpha value is -2.04. The normalized spacial score (nSPS) is 10.0. The molecule has 2 rings (SSSR count). The first-order chi connectivity index (χ1) is 9.20. The van der Waals surface area contributed by atoms with Crippen LogP contribution in [0.25, 0.3) is 0 Å². The predicted molar refractivity (Wildman–Crippen MR) is 73.9 cm³/mol. The molecule has 0 aliphatic carbocycles. The molecule has 0 bridgehead atoms. The molecule has 3 N–H and O–H groups in total. The number of rotatable bonds is 4. The number of nitrogen functional groups attached to an aromatic ring is 1. The van der Waals surface area contributed by atoms with Gasteiger partial charge in [0.15, 0.2) is 0 Å². The SMILES string of the molecule is NNC(=O)c1ccccc1COc1cccc(Cl)c1. The summed E-state index contributed by atoms with van der Waals surface area (Å²) in [5.41, 5.74) is 3.36. The molecule has 0 aromatic heterocycles. The maximum Gasteiger partial charge on any atom is 0.265 e. The van der Waals surface area contributed by atoms with Crippen LogP contribution in [0.15, 0.2) is 48.5 Å². The molecule has 98 valence electrons. The Labute approximate surface area is 116 Å². The van der Waals surface area contributed by atoms with E-state index in [4.69, 9.17) is 22.2 Å². The second kappa shape index (κ2) is 6.22. The summed E-state index contributed by atoms with van der Waals surface area (Å²) < 4.78 is 5.60. The van der Waals surface area contributed by atoms with E-state index in [0.717, 1.165) is 5.56 Å². The van der Waals surface area contributed by atoms with E-state index < -0.39 is 0 Å². The van der Waals surface area contributed by atoms with E-state index in [1.807, 2.05) is 12.1 Å². The zero-order valence-corrected chi connectivity index (χ0v) is 10.9. The molecule has 0 heterocycles. The van der Waals surface area contributed by atoms with Gasteiger partial charge in [0.1, 0.15) is 12.4 Å². The van der Waals surface area contributed by atoms with Crippen LogP contribution in [0.4, 0.5) is 0 Å². The molecule has 2 aromatic carbocycles. The van der Waals surface area contributed by atoms with Crippen molar-refractivity contribution < 1.29 is 9.53 Å². The van der Waals surface area contributed by atoms with Gasteiger partial charge in [-0.2, -0.15) is 0 Å². The lowest BCUT2D eigenvalue weighted by atomic mass is 10.1. The number of nitrogens with one attached hydrogen (secondary N) is 1. The molecule has 0 spiro atoms. The summed E-state index contributed by atoms with van der Waals surface area (Å²) >= 11 is 5.87. The zero-order chi connectivity index (χ0) is 13.7. The number of carbonyl (C=O) groups is 1. The average molecular weight is 277 g/mol. The zero-order valence-electron chi connectivity index (χ0n) is 10.1. The summed E-state index contributed by atoms with van der Waals surface area (Å²) in [5, 5.41) is 0.602. The monoisotopic (exact) mass is 276 g/mol. The van der Waals surface area contributed by atoms with Crippen molar-refractivity contribution >= 4 is 17.5 Å². The molecule has 5 heteroatoms. The van der Waals surface area contributed by atoms with Gasteiger partial charge in [-0.25, -0.2) is 5.84 Å². The van der Waals surface area contributed by atoms with E-state index in [0.29, 0.717) is 16.3 Å². The number of hydrogen-bond donors (Lipinski definition) is 2. The molecule has 0 unspecified atom stereocenters. The Morgan fingerprint density at radius 1 is 1.21 bits per heavy atom. The third-order valence-corrected chi connectivity index (χ3v) is 2.82. The van der Waals surface area contributed by atoms with Crippen molar-refractivity contribution in [3.63, 3.8) is 0 Å². The van der Waals surface area contributed by atoms with Gasteiger partial charge < -0.3 is 4.74 Å². The largest absolute Gasteiger partial charge is 0.489 e. The smallest absolute Gasteiger partial charge is 0.265 e. The summed E-state index contributed by atoms with van der Waals surface area (Å²) in [5.74, 6) is 5.45. The van der Waals surface area contributed by atoms with E-state index in [2.05, 4.69) is 5.43 Å². The Kier molecular flexibility index (Phi) is 4.39. The lowest BCUT2D eigenvalue weighted by Crippen LogP contribution is -2.30. The highest BCUT2D eigenvalue weighted by molar-refractivity contribution is 6.30. The Morgan fingerprint density at radius 2 is 2.00 bits per heavy atom. The van der Waals surface area contributed by atoms with Gasteiger partial charge in [-0.15, -0.1) is 0 Å². The number of halogens is 1. The summed E-state index contributed by atoms with van der Waals surface area (Å²) in [6, 6.07) is 14.2. The molecule has 0 saturated carbocycles. The minimum Gasteiger partial charge on any atom is -0.489 e. The lowest BCUT2D eigenvalue weighted by Gasteiger charge is -2.10. The van der Waals surface area contributed by atoms with Crippen molar-refractivity contribution in [2.75, 3.05) is 0 Å². The van der Waals surface area contributed by atoms with Crippen LogP contribution in [0.2, 0.25) is 5.02 Å². The van der Waals surface area contributed by atoms with E-state index >= 15 is 0 Å². The molecule has 0 saturated heterocycles. The van der Waals surface area contributed by atoms with Crippen LogP contribution in [0.1, 0.15) is 15.9 Å². The molecule has 0 radical (unpaired) electrons. The third kappa shape index (κ3) is 3.47. The van der Waals surface area contributed by atoms with Crippen molar-refractivity contribution in [3.05, 3.63) is 64.7 Å². The van der Waals surface area contributed by atoms with Crippen molar-refractivity contribution in [2.24, 2.45) is 5.84 Å². The van der Waals surface area contributed by atoms with Crippen molar-refractivity contribution in [1.82, 2.24) is 5.43 Å². The quantitative estimate of drug-likeness (QED) is 0.512. The highest BCUT2D eigenvalue weighted by atomic mass is 35.5. The minimum atomic E-state index is -0.342. The fourth-order valence-corrected chi connectivity index (χ4v) is 1.84. The first kappa shape index (κ1) is 13.4. The molecule has 1 amide bonds. The first-order valence-electron chi connectivity index (χ1n) is 5.68. The number of amides is 1. The van der Waals surface area contributed by atoms with Crippen LogP contribution in [0, 0.1) is 0 Å². The van der Waals surface area contributed by atoms with Gasteiger partial charge >= 0.3 is 0 Å². The predicted octanol–water partition coefficient (Wildman–Crippen LogP) is 2.52. The number of benzene rings is 2. The van der Waals surface area contributed by atoms with Crippen LogP contribution >= 0.6 is 11.6 Å². The molecule has 4 nitrogen and oxygen atoms in total. The minimum absolute atomic E-state index is 0.268. The standard InChI is InChI=1S/C14H13ClN2O2/c15-11-5-3-6-12(8-11)19-9-10-4-1-2-7-13(10)14(18)17-16/h1-8H,9,16H2,(H,17,18). The molecular formula is C14H13ClN2O2. The molecular weight excluding hydrogens is 264 g/mol. The Morgan fingerprint density at radius 3 is 2.74 bits per heavy atom. The number of hydrazine groups is 1. The van der Waals surface area contributed by atoms with Crippen LogP contribution in [0.3, 0.4) is 0 Å². The molecule has 2 aromatic rings. The topological polar surface area (TPSA) is 64.3 Å². The van der Waals surface area contributed by atoms with Crippen molar-refractivity contribution in [3.8, 4) is 5.75 Å². The second-order valence-electron chi connectivity index (χ2n) is 3.88. The average Bonchev–Trinajstić information content (AvgIpc) is 2.45. The molecule has 0 aliphatic rings. The lowest BCUT2D eigenvalue weighted by molar-refractivity contribution is 0.0951. The van der Waals surface area contributed by atoms with E-state index in [9.17, 15) is 4.79 Å². The fourth-order valence-electron chi connectivity index (χ4n) is 1.66. The molecule has 0 aliphatic heterocycles. The summed E-state index contributed by atoms with van der Waals surface area (Å²) in [6.45, 7) is 0.268. The van der Waals surface area contributed by atoms with Gasteiger partial charge in [-0.1, -0.05) is 35.9 Å². The second-order valence-corrected chi connectivity index (χ2v) is 4.31. The number of ether oxygens (including phenoxy) is 1. The van der Waals surface area contributed by atoms with E-state index in [1.54, 1.807) is 36.4 Å². The van der Waals surface area contributed by atoms with Crippen molar-refractivity contribution in [2.45, 2.75) is 6.61 Å². The van der Waals surface area contributed by atoms with Gasteiger partial charge in [-0.3, -0.25) is 10.2 Å². The fraction of sp³-hybridized carbons (Fsp3) is 0.0714. The molecule has 0 fully saturated rings. The van der Waals surface area contributed by atoms with Gasteiger partial charge in [0.2, 0.25) is 0 Å². The Balaban J connectivity index is 2.13. The summed E-state index contributed by atoms with van der Waals surface area (Å²) in [4.78, 5) is 11.6.